The molecule has 0 spiro atoms. The number of rotatable bonds is 5. The maximum Gasteiger partial charge on any atom is 0.305 e. The van der Waals surface area contributed by atoms with E-state index in [0.29, 0.717) is 18.4 Å². The second-order valence-corrected chi connectivity index (χ2v) is 3.25. The van der Waals surface area contributed by atoms with Gasteiger partial charge >= 0.3 is 5.97 Å². The van der Waals surface area contributed by atoms with Crippen LogP contribution in [0.4, 0.5) is 0 Å². The quantitative estimate of drug-likeness (QED) is 0.546. The molecule has 3 nitrogen and oxygen atoms in total. The molecule has 0 radical (unpaired) electrons. The highest BCUT2D eigenvalue weighted by atomic mass is 16.5. The van der Waals surface area contributed by atoms with Gasteiger partial charge < -0.3 is 4.74 Å². The number of hydrogen-bond donors (Lipinski definition) is 0. The predicted octanol–water partition coefficient (Wildman–Crippen LogP) is 1.99. The third-order valence-electron chi connectivity index (χ3n) is 2.24. The van der Waals surface area contributed by atoms with Gasteiger partial charge in [-0.3, -0.25) is 9.59 Å². The van der Waals surface area contributed by atoms with Crippen molar-refractivity contribution >= 4 is 12.3 Å². The molecule has 1 aromatic rings. The van der Waals surface area contributed by atoms with Crippen LogP contribution in [0.1, 0.15) is 28.8 Å². The summed E-state index contributed by atoms with van der Waals surface area (Å²) in [5.41, 5.74) is 1.68. The van der Waals surface area contributed by atoms with Gasteiger partial charge in [0, 0.05) is 12.0 Å². The van der Waals surface area contributed by atoms with E-state index < -0.39 is 0 Å². The average molecular weight is 206 g/mol. The van der Waals surface area contributed by atoms with E-state index >= 15 is 0 Å². The van der Waals surface area contributed by atoms with Gasteiger partial charge in [0.15, 0.2) is 0 Å². The molecule has 0 aliphatic heterocycles. The first kappa shape index (κ1) is 11.4. The first-order chi connectivity index (χ1) is 7.27. The van der Waals surface area contributed by atoms with E-state index in [2.05, 4.69) is 4.74 Å². The average Bonchev–Trinajstić information content (AvgIpc) is 2.29. The van der Waals surface area contributed by atoms with Gasteiger partial charge in [-0.25, -0.2) is 0 Å². The standard InChI is InChI=1S/C12H14O3/c1-15-12(14)8-4-7-10-5-2-3-6-11(10)9-13/h2-3,5-6,9H,4,7-8H2,1H3. The third kappa shape index (κ3) is 3.54. The number of aldehydes is 1. The van der Waals surface area contributed by atoms with Crippen LogP contribution in [-0.4, -0.2) is 19.4 Å². The normalized spacial score (nSPS) is 9.67. The highest BCUT2D eigenvalue weighted by molar-refractivity contribution is 5.77. The zero-order valence-corrected chi connectivity index (χ0v) is 8.73. The summed E-state index contributed by atoms with van der Waals surface area (Å²) in [4.78, 5) is 21.6. The molecule has 0 saturated carbocycles. The largest absolute Gasteiger partial charge is 0.469 e. The topological polar surface area (TPSA) is 43.4 Å². The van der Waals surface area contributed by atoms with Crippen molar-refractivity contribution in [3.8, 4) is 0 Å². The molecular weight excluding hydrogens is 192 g/mol. The smallest absolute Gasteiger partial charge is 0.305 e. The molecule has 3 heteroatoms. The lowest BCUT2D eigenvalue weighted by atomic mass is 10.0. The zero-order chi connectivity index (χ0) is 11.1. The number of aryl methyl sites for hydroxylation is 1. The Kier molecular flexibility index (Phi) is 4.54. The molecular formula is C12H14O3. The number of methoxy groups -OCH3 is 1. The number of carbonyl (C=O) groups is 2. The van der Waals surface area contributed by atoms with Crippen LogP contribution in [-0.2, 0) is 16.0 Å². The molecule has 0 aliphatic rings. The minimum absolute atomic E-state index is 0.210. The van der Waals surface area contributed by atoms with E-state index in [1.807, 2.05) is 18.2 Å². The fourth-order valence-electron chi connectivity index (χ4n) is 1.40. The summed E-state index contributed by atoms with van der Waals surface area (Å²) in [6.45, 7) is 0. The van der Waals surface area contributed by atoms with E-state index in [-0.39, 0.29) is 5.97 Å². The molecule has 80 valence electrons. The van der Waals surface area contributed by atoms with Gasteiger partial charge in [0.05, 0.1) is 7.11 Å². The van der Waals surface area contributed by atoms with Crippen LogP contribution in [0.15, 0.2) is 24.3 Å². The van der Waals surface area contributed by atoms with Gasteiger partial charge in [-0.1, -0.05) is 24.3 Å². The fourth-order valence-corrected chi connectivity index (χ4v) is 1.40. The van der Waals surface area contributed by atoms with Crippen molar-refractivity contribution in [1.29, 1.82) is 0 Å². The first-order valence-electron chi connectivity index (χ1n) is 4.88. The Bertz CT molecular complexity index is 344. The van der Waals surface area contributed by atoms with Gasteiger partial charge in [-0.05, 0) is 18.4 Å². The van der Waals surface area contributed by atoms with Crippen LogP contribution in [0.2, 0.25) is 0 Å². The molecule has 0 fully saturated rings. The molecule has 0 atom stereocenters. The Morgan fingerprint density at radius 1 is 1.40 bits per heavy atom. The summed E-state index contributed by atoms with van der Waals surface area (Å²) in [6, 6.07) is 7.40. The number of hydrogen-bond acceptors (Lipinski definition) is 3. The minimum atomic E-state index is -0.210. The van der Waals surface area contributed by atoms with Crippen LogP contribution in [0.5, 0.6) is 0 Å². The van der Waals surface area contributed by atoms with E-state index in [9.17, 15) is 9.59 Å². The van der Waals surface area contributed by atoms with Crippen molar-refractivity contribution in [3.05, 3.63) is 35.4 Å². The van der Waals surface area contributed by atoms with Crippen LogP contribution in [0.3, 0.4) is 0 Å². The van der Waals surface area contributed by atoms with Gasteiger partial charge in [-0.15, -0.1) is 0 Å². The molecule has 0 aliphatic carbocycles. The molecule has 0 unspecified atom stereocenters. The fraction of sp³-hybridized carbons (Fsp3) is 0.333. The van der Waals surface area contributed by atoms with Crippen molar-refractivity contribution in [2.75, 3.05) is 7.11 Å². The van der Waals surface area contributed by atoms with Crippen molar-refractivity contribution in [1.82, 2.24) is 0 Å². The Morgan fingerprint density at radius 3 is 2.80 bits per heavy atom. The van der Waals surface area contributed by atoms with Crippen molar-refractivity contribution in [3.63, 3.8) is 0 Å². The SMILES string of the molecule is COC(=O)CCCc1ccccc1C=O. The van der Waals surface area contributed by atoms with Crippen LogP contribution < -0.4 is 0 Å². The Hall–Kier alpha value is -1.64. The molecule has 0 saturated heterocycles. The van der Waals surface area contributed by atoms with Gasteiger partial charge in [-0.2, -0.15) is 0 Å². The monoisotopic (exact) mass is 206 g/mol. The molecule has 1 rings (SSSR count). The number of benzene rings is 1. The van der Waals surface area contributed by atoms with Gasteiger partial charge in [0.25, 0.3) is 0 Å². The van der Waals surface area contributed by atoms with E-state index in [1.165, 1.54) is 7.11 Å². The van der Waals surface area contributed by atoms with E-state index in [1.54, 1.807) is 6.07 Å². The first-order valence-corrected chi connectivity index (χ1v) is 4.88. The number of esters is 1. The number of ether oxygens (including phenoxy) is 1. The molecule has 15 heavy (non-hydrogen) atoms. The summed E-state index contributed by atoms with van der Waals surface area (Å²) >= 11 is 0. The zero-order valence-electron chi connectivity index (χ0n) is 8.73. The second kappa shape index (κ2) is 5.96. The molecule has 0 aromatic heterocycles. The predicted molar refractivity (Wildman–Crippen MR) is 56.8 cm³/mol. The summed E-state index contributed by atoms with van der Waals surface area (Å²) in [5, 5.41) is 0. The minimum Gasteiger partial charge on any atom is -0.469 e. The summed E-state index contributed by atoms with van der Waals surface area (Å²) < 4.78 is 4.54. The van der Waals surface area contributed by atoms with Crippen molar-refractivity contribution in [2.45, 2.75) is 19.3 Å². The lowest BCUT2D eigenvalue weighted by molar-refractivity contribution is -0.140. The van der Waals surface area contributed by atoms with Crippen molar-refractivity contribution < 1.29 is 14.3 Å². The Labute approximate surface area is 89.1 Å². The summed E-state index contributed by atoms with van der Waals surface area (Å²) in [6.07, 6.45) is 2.67. The lowest BCUT2D eigenvalue weighted by Crippen LogP contribution is -2.01. The Morgan fingerprint density at radius 2 is 2.13 bits per heavy atom. The highest BCUT2D eigenvalue weighted by Gasteiger charge is 2.03. The highest BCUT2D eigenvalue weighted by Crippen LogP contribution is 2.10. The maximum absolute atomic E-state index is 10.9. The van der Waals surface area contributed by atoms with Gasteiger partial charge in [0.1, 0.15) is 6.29 Å². The molecule has 0 heterocycles. The van der Waals surface area contributed by atoms with E-state index in [0.717, 1.165) is 18.3 Å². The molecule has 0 bridgehead atoms. The summed E-state index contributed by atoms with van der Waals surface area (Å²) in [5.74, 6) is -0.210. The van der Waals surface area contributed by atoms with Gasteiger partial charge in [0.2, 0.25) is 0 Å². The Balaban J connectivity index is 2.50. The lowest BCUT2D eigenvalue weighted by Gasteiger charge is -2.03. The summed E-state index contributed by atoms with van der Waals surface area (Å²) in [7, 11) is 1.38. The molecule has 1 aromatic carbocycles. The van der Waals surface area contributed by atoms with Crippen molar-refractivity contribution in [2.24, 2.45) is 0 Å². The van der Waals surface area contributed by atoms with Crippen LogP contribution in [0, 0.1) is 0 Å². The number of carbonyl (C=O) groups excluding carboxylic acids is 2. The van der Waals surface area contributed by atoms with Crippen LogP contribution >= 0.6 is 0 Å². The third-order valence-corrected chi connectivity index (χ3v) is 2.24. The maximum atomic E-state index is 10.9. The van der Waals surface area contributed by atoms with Crippen LogP contribution in [0.25, 0.3) is 0 Å². The molecule has 0 amide bonds. The van der Waals surface area contributed by atoms with E-state index in [4.69, 9.17) is 0 Å². The molecule has 0 N–H and O–H groups in total. The second-order valence-electron chi connectivity index (χ2n) is 3.25.